The third-order valence-electron chi connectivity index (χ3n) is 3.41. The van der Waals surface area contributed by atoms with Crippen LogP contribution < -0.4 is 5.73 Å². The molecule has 1 heterocycles. The van der Waals surface area contributed by atoms with Gasteiger partial charge >= 0.3 is 0 Å². The van der Waals surface area contributed by atoms with Crippen LogP contribution in [0.4, 0.5) is 5.69 Å². The van der Waals surface area contributed by atoms with Crippen molar-refractivity contribution in [2.24, 2.45) is 0 Å². The molecule has 0 aliphatic carbocycles. The number of hydrogen-bond acceptors (Lipinski definition) is 5. The molecule has 0 amide bonds. The van der Waals surface area contributed by atoms with Crippen LogP contribution in [0.25, 0.3) is 10.9 Å². The fourth-order valence-corrected chi connectivity index (χ4v) is 2.28. The Hall–Kier alpha value is -1.69. The number of benzene rings is 1. The van der Waals surface area contributed by atoms with Crippen molar-refractivity contribution in [1.82, 2.24) is 9.88 Å². The van der Waals surface area contributed by atoms with Crippen molar-refractivity contribution < 1.29 is 9.47 Å². The molecule has 5 heteroatoms. The molecule has 1 aromatic heterocycles. The number of nitrogens with zero attached hydrogens (tertiary/aromatic N) is 2. The van der Waals surface area contributed by atoms with Crippen LogP contribution in [0.1, 0.15) is 5.69 Å². The lowest BCUT2D eigenvalue weighted by molar-refractivity contribution is 0.109. The summed E-state index contributed by atoms with van der Waals surface area (Å²) in [5.74, 6) is 0. The summed E-state index contributed by atoms with van der Waals surface area (Å²) in [5, 5.41) is 1.00. The maximum atomic E-state index is 6.13. The molecule has 0 saturated heterocycles. The fourth-order valence-electron chi connectivity index (χ4n) is 2.28. The number of methoxy groups -OCH3 is 2. The first-order chi connectivity index (χ1) is 10.2. The molecule has 0 atom stereocenters. The Kier molecular flexibility index (Phi) is 5.92. The van der Waals surface area contributed by atoms with E-state index in [9.17, 15) is 0 Å². The molecule has 1 aromatic carbocycles. The molecule has 0 saturated carbocycles. The summed E-state index contributed by atoms with van der Waals surface area (Å²) in [7, 11) is 3.42. The molecule has 0 radical (unpaired) electrons. The van der Waals surface area contributed by atoms with Gasteiger partial charge in [-0.3, -0.25) is 9.88 Å². The molecule has 0 fully saturated rings. The second-order valence-corrected chi connectivity index (χ2v) is 4.98. The zero-order valence-corrected chi connectivity index (χ0v) is 12.7. The second-order valence-electron chi connectivity index (χ2n) is 4.98. The largest absolute Gasteiger partial charge is 0.398 e. The number of pyridine rings is 1. The van der Waals surface area contributed by atoms with Crippen molar-refractivity contribution in [3.05, 3.63) is 36.0 Å². The summed E-state index contributed by atoms with van der Waals surface area (Å²) in [5.41, 5.74) is 8.80. The highest BCUT2D eigenvalue weighted by atomic mass is 16.5. The van der Waals surface area contributed by atoms with Crippen molar-refractivity contribution in [2.45, 2.75) is 6.54 Å². The average molecular weight is 289 g/mol. The molecular weight excluding hydrogens is 266 g/mol. The first-order valence-electron chi connectivity index (χ1n) is 7.09. The minimum atomic E-state index is 0.687. The van der Waals surface area contributed by atoms with E-state index in [0.29, 0.717) is 13.2 Å². The predicted molar refractivity (Wildman–Crippen MR) is 85.2 cm³/mol. The summed E-state index contributed by atoms with van der Waals surface area (Å²) in [4.78, 5) is 6.94. The van der Waals surface area contributed by atoms with Crippen LogP contribution in [-0.2, 0) is 16.0 Å². The van der Waals surface area contributed by atoms with Crippen molar-refractivity contribution in [1.29, 1.82) is 0 Å². The normalized spacial score (nSPS) is 11.4. The van der Waals surface area contributed by atoms with Crippen LogP contribution in [0.3, 0.4) is 0 Å². The number of para-hydroxylation sites is 1. The third-order valence-corrected chi connectivity index (χ3v) is 3.41. The van der Waals surface area contributed by atoms with Gasteiger partial charge in [-0.25, -0.2) is 0 Å². The van der Waals surface area contributed by atoms with E-state index in [-0.39, 0.29) is 0 Å². The molecule has 0 aliphatic heterocycles. The van der Waals surface area contributed by atoms with E-state index in [1.165, 1.54) is 0 Å². The van der Waals surface area contributed by atoms with Crippen molar-refractivity contribution >= 4 is 16.6 Å². The van der Waals surface area contributed by atoms with E-state index in [1.54, 1.807) is 14.2 Å². The van der Waals surface area contributed by atoms with Gasteiger partial charge in [0, 0.05) is 44.9 Å². The number of aromatic nitrogens is 1. The maximum Gasteiger partial charge on any atom is 0.0726 e. The Morgan fingerprint density at radius 3 is 2.43 bits per heavy atom. The van der Waals surface area contributed by atoms with Crippen molar-refractivity contribution in [2.75, 3.05) is 46.3 Å². The summed E-state index contributed by atoms with van der Waals surface area (Å²) in [6.45, 7) is 3.80. The number of anilines is 1. The van der Waals surface area contributed by atoms with Gasteiger partial charge in [-0.15, -0.1) is 0 Å². The van der Waals surface area contributed by atoms with Gasteiger partial charge in [-0.2, -0.15) is 0 Å². The summed E-state index contributed by atoms with van der Waals surface area (Å²) in [6.07, 6.45) is 0. The molecule has 0 bridgehead atoms. The highest BCUT2D eigenvalue weighted by Gasteiger charge is 2.09. The number of ether oxygens (including phenoxy) is 2. The Balaban J connectivity index is 2.15. The Bertz CT molecular complexity index is 566. The second kappa shape index (κ2) is 7.93. The van der Waals surface area contributed by atoms with E-state index in [2.05, 4.69) is 9.88 Å². The van der Waals surface area contributed by atoms with Crippen LogP contribution in [0, 0.1) is 0 Å². The number of fused-ring (bicyclic) bond motifs is 1. The van der Waals surface area contributed by atoms with E-state index < -0.39 is 0 Å². The van der Waals surface area contributed by atoms with Gasteiger partial charge < -0.3 is 15.2 Å². The van der Waals surface area contributed by atoms with Crippen molar-refractivity contribution in [3.8, 4) is 0 Å². The third kappa shape index (κ3) is 4.39. The van der Waals surface area contributed by atoms with Crippen LogP contribution >= 0.6 is 0 Å². The van der Waals surface area contributed by atoms with Crippen LogP contribution in [0.15, 0.2) is 30.3 Å². The zero-order chi connectivity index (χ0) is 15.1. The first kappa shape index (κ1) is 15.7. The highest BCUT2D eigenvalue weighted by molar-refractivity contribution is 5.90. The van der Waals surface area contributed by atoms with Gasteiger partial charge in [0.1, 0.15) is 0 Å². The molecule has 114 valence electrons. The number of rotatable bonds is 8. The molecule has 2 rings (SSSR count). The van der Waals surface area contributed by atoms with Crippen molar-refractivity contribution in [3.63, 3.8) is 0 Å². The van der Waals surface area contributed by atoms with Crippen LogP contribution in [0.5, 0.6) is 0 Å². The quantitative estimate of drug-likeness (QED) is 0.804. The first-order valence-corrected chi connectivity index (χ1v) is 7.09. The summed E-state index contributed by atoms with van der Waals surface area (Å²) in [6, 6.07) is 9.89. The van der Waals surface area contributed by atoms with Crippen LogP contribution in [0.2, 0.25) is 0 Å². The van der Waals surface area contributed by atoms with Gasteiger partial charge in [-0.05, 0) is 12.1 Å². The zero-order valence-electron chi connectivity index (χ0n) is 12.7. The maximum absolute atomic E-state index is 6.13. The van der Waals surface area contributed by atoms with E-state index in [4.69, 9.17) is 15.2 Å². The number of nitrogen functional groups attached to an aromatic ring is 1. The SMILES string of the molecule is COCCN(CCOC)Cc1cc(N)c2ccccc2n1. The lowest BCUT2D eigenvalue weighted by Crippen LogP contribution is -2.30. The minimum Gasteiger partial charge on any atom is -0.398 e. The van der Waals surface area contributed by atoms with E-state index in [0.717, 1.165) is 41.9 Å². The standard InChI is InChI=1S/C16H23N3O2/c1-20-9-7-19(8-10-21-2)12-13-11-15(17)14-5-3-4-6-16(14)18-13/h3-6,11H,7-10,12H2,1-2H3,(H2,17,18). The Labute approximate surface area is 125 Å². The molecule has 5 nitrogen and oxygen atoms in total. The van der Waals surface area contributed by atoms with Gasteiger partial charge in [0.15, 0.2) is 0 Å². The Morgan fingerprint density at radius 1 is 1.10 bits per heavy atom. The lowest BCUT2D eigenvalue weighted by atomic mass is 10.1. The van der Waals surface area contributed by atoms with Gasteiger partial charge in [0.25, 0.3) is 0 Å². The van der Waals surface area contributed by atoms with Crippen LogP contribution in [-0.4, -0.2) is 50.4 Å². The molecule has 21 heavy (non-hydrogen) atoms. The van der Waals surface area contributed by atoms with Gasteiger partial charge in [-0.1, -0.05) is 18.2 Å². The number of hydrogen-bond donors (Lipinski definition) is 1. The topological polar surface area (TPSA) is 60.6 Å². The smallest absolute Gasteiger partial charge is 0.0726 e. The average Bonchev–Trinajstić information content (AvgIpc) is 2.50. The van der Waals surface area contributed by atoms with E-state index >= 15 is 0 Å². The van der Waals surface area contributed by atoms with E-state index in [1.807, 2.05) is 30.3 Å². The molecule has 0 aliphatic rings. The molecule has 0 spiro atoms. The lowest BCUT2D eigenvalue weighted by Gasteiger charge is -2.21. The summed E-state index contributed by atoms with van der Waals surface area (Å²) >= 11 is 0. The van der Waals surface area contributed by atoms with Gasteiger partial charge in [0.05, 0.1) is 24.4 Å². The molecule has 0 unspecified atom stereocenters. The minimum absolute atomic E-state index is 0.687. The highest BCUT2D eigenvalue weighted by Crippen LogP contribution is 2.20. The Morgan fingerprint density at radius 2 is 1.76 bits per heavy atom. The number of nitrogens with two attached hydrogens (primary N) is 1. The molecular formula is C16H23N3O2. The fraction of sp³-hybridized carbons (Fsp3) is 0.438. The predicted octanol–water partition coefficient (Wildman–Crippen LogP) is 1.91. The van der Waals surface area contributed by atoms with Gasteiger partial charge in [0.2, 0.25) is 0 Å². The molecule has 2 N–H and O–H groups in total. The monoisotopic (exact) mass is 289 g/mol. The molecule has 2 aromatic rings. The summed E-state index contributed by atoms with van der Waals surface area (Å²) < 4.78 is 10.3.